The van der Waals surface area contributed by atoms with Gasteiger partial charge in [0.15, 0.2) is 5.82 Å². The standard InChI is InChI=1S/C15H12ClF2N5/c1-2-23-15(20-10-4-5-11(16)12(17)7-10)21-14(22-23)9-3-6-13(18)19-8-9/h3-8H,2H2,1H3,(H,20,21,22). The third kappa shape index (κ3) is 3.29. The molecule has 2 heterocycles. The summed E-state index contributed by atoms with van der Waals surface area (Å²) in [6.07, 6.45) is 1.36. The first-order chi connectivity index (χ1) is 11.1. The van der Waals surface area contributed by atoms with Crippen LogP contribution in [-0.2, 0) is 6.54 Å². The summed E-state index contributed by atoms with van der Waals surface area (Å²) in [5, 5.41) is 7.36. The van der Waals surface area contributed by atoms with Crippen molar-refractivity contribution < 1.29 is 8.78 Å². The average Bonchev–Trinajstić information content (AvgIpc) is 2.94. The number of aromatic nitrogens is 4. The minimum atomic E-state index is -0.571. The van der Waals surface area contributed by atoms with E-state index in [-0.39, 0.29) is 5.02 Å². The molecule has 0 atom stereocenters. The molecule has 0 aliphatic carbocycles. The fourth-order valence-electron chi connectivity index (χ4n) is 1.99. The van der Waals surface area contributed by atoms with Crippen LogP contribution in [0.25, 0.3) is 11.4 Å². The lowest BCUT2D eigenvalue weighted by molar-refractivity contribution is 0.584. The number of hydrogen-bond acceptors (Lipinski definition) is 4. The summed E-state index contributed by atoms with van der Waals surface area (Å²) in [4.78, 5) is 7.94. The number of nitrogens with one attached hydrogen (secondary N) is 1. The molecular weight excluding hydrogens is 324 g/mol. The largest absolute Gasteiger partial charge is 0.324 e. The maximum absolute atomic E-state index is 13.5. The Morgan fingerprint density at radius 1 is 1.22 bits per heavy atom. The van der Waals surface area contributed by atoms with Crippen molar-refractivity contribution in [3.63, 3.8) is 0 Å². The smallest absolute Gasteiger partial charge is 0.226 e. The van der Waals surface area contributed by atoms with Crippen molar-refractivity contribution in [2.24, 2.45) is 0 Å². The van der Waals surface area contributed by atoms with Crippen LogP contribution in [0.3, 0.4) is 0 Å². The molecule has 0 aliphatic rings. The highest BCUT2D eigenvalue weighted by Gasteiger charge is 2.12. The van der Waals surface area contributed by atoms with Gasteiger partial charge in [-0.3, -0.25) is 0 Å². The Balaban J connectivity index is 1.92. The molecular formula is C15H12ClF2N5. The number of rotatable bonds is 4. The van der Waals surface area contributed by atoms with Crippen LogP contribution in [0.2, 0.25) is 5.02 Å². The summed E-state index contributed by atoms with van der Waals surface area (Å²) in [5.41, 5.74) is 1.08. The van der Waals surface area contributed by atoms with Gasteiger partial charge < -0.3 is 5.32 Å². The predicted octanol–water partition coefficient (Wildman–Crippen LogP) is 4.04. The molecule has 3 aromatic rings. The molecule has 0 amide bonds. The van der Waals surface area contributed by atoms with Gasteiger partial charge in [0.1, 0.15) is 5.82 Å². The zero-order chi connectivity index (χ0) is 16.4. The summed E-state index contributed by atoms with van der Waals surface area (Å²) >= 11 is 5.67. The van der Waals surface area contributed by atoms with E-state index in [4.69, 9.17) is 11.6 Å². The Morgan fingerprint density at radius 3 is 2.70 bits per heavy atom. The molecule has 0 spiro atoms. The van der Waals surface area contributed by atoms with E-state index in [1.807, 2.05) is 6.92 Å². The lowest BCUT2D eigenvalue weighted by Crippen LogP contribution is -2.03. The molecule has 8 heteroatoms. The summed E-state index contributed by atoms with van der Waals surface area (Å²) in [7, 11) is 0. The van der Waals surface area contributed by atoms with Gasteiger partial charge in [-0.05, 0) is 37.3 Å². The van der Waals surface area contributed by atoms with E-state index in [0.717, 1.165) is 0 Å². The molecule has 0 saturated carbocycles. The highest BCUT2D eigenvalue weighted by atomic mass is 35.5. The monoisotopic (exact) mass is 335 g/mol. The quantitative estimate of drug-likeness (QED) is 0.731. The van der Waals surface area contributed by atoms with E-state index in [2.05, 4.69) is 20.4 Å². The Labute approximate surface area is 136 Å². The molecule has 1 aromatic carbocycles. The summed E-state index contributed by atoms with van der Waals surface area (Å²) in [6, 6.07) is 7.15. The van der Waals surface area contributed by atoms with Crippen molar-refractivity contribution in [2.45, 2.75) is 13.5 Å². The van der Waals surface area contributed by atoms with E-state index < -0.39 is 11.8 Å². The van der Waals surface area contributed by atoms with Crippen LogP contribution in [0.15, 0.2) is 36.5 Å². The van der Waals surface area contributed by atoms with Crippen LogP contribution in [0, 0.1) is 11.8 Å². The number of hydrogen-bond donors (Lipinski definition) is 1. The van der Waals surface area contributed by atoms with Gasteiger partial charge in [-0.15, -0.1) is 5.10 Å². The average molecular weight is 336 g/mol. The van der Waals surface area contributed by atoms with Crippen molar-refractivity contribution in [2.75, 3.05) is 5.32 Å². The van der Waals surface area contributed by atoms with Crippen LogP contribution < -0.4 is 5.32 Å². The number of anilines is 2. The highest BCUT2D eigenvalue weighted by Crippen LogP contribution is 2.23. The van der Waals surface area contributed by atoms with Gasteiger partial charge >= 0.3 is 0 Å². The first-order valence-electron chi connectivity index (χ1n) is 6.85. The van der Waals surface area contributed by atoms with Crippen molar-refractivity contribution >= 4 is 23.2 Å². The van der Waals surface area contributed by atoms with E-state index in [1.54, 1.807) is 16.8 Å². The molecule has 0 unspecified atom stereocenters. The van der Waals surface area contributed by atoms with Crippen LogP contribution in [0.5, 0.6) is 0 Å². The first-order valence-corrected chi connectivity index (χ1v) is 7.23. The van der Waals surface area contributed by atoms with Gasteiger partial charge in [-0.2, -0.15) is 9.37 Å². The second-order valence-electron chi connectivity index (χ2n) is 4.70. The summed E-state index contributed by atoms with van der Waals surface area (Å²) in [5.74, 6) is -0.259. The molecule has 23 heavy (non-hydrogen) atoms. The van der Waals surface area contributed by atoms with Gasteiger partial charge in [0.05, 0.1) is 5.02 Å². The van der Waals surface area contributed by atoms with E-state index in [1.165, 1.54) is 24.4 Å². The van der Waals surface area contributed by atoms with Crippen molar-refractivity contribution in [1.82, 2.24) is 19.7 Å². The van der Waals surface area contributed by atoms with Gasteiger partial charge in [0.2, 0.25) is 11.9 Å². The lowest BCUT2D eigenvalue weighted by atomic mass is 10.3. The van der Waals surface area contributed by atoms with E-state index in [9.17, 15) is 8.78 Å². The van der Waals surface area contributed by atoms with Crippen molar-refractivity contribution in [3.05, 3.63) is 53.3 Å². The fourth-order valence-corrected chi connectivity index (χ4v) is 2.11. The van der Waals surface area contributed by atoms with Gasteiger partial charge in [0.25, 0.3) is 0 Å². The molecule has 2 aromatic heterocycles. The number of halogens is 3. The summed E-state index contributed by atoms with van der Waals surface area (Å²) < 4.78 is 28.0. The molecule has 1 N–H and O–H groups in total. The van der Waals surface area contributed by atoms with Crippen LogP contribution in [-0.4, -0.2) is 19.7 Å². The number of nitrogens with zero attached hydrogens (tertiary/aromatic N) is 4. The first kappa shape index (κ1) is 15.4. The Bertz CT molecular complexity index is 832. The van der Waals surface area contributed by atoms with Gasteiger partial charge in [-0.1, -0.05) is 11.6 Å². The molecule has 5 nitrogen and oxygen atoms in total. The lowest BCUT2D eigenvalue weighted by Gasteiger charge is -2.06. The Morgan fingerprint density at radius 2 is 2.04 bits per heavy atom. The minimum Gasteiger partial charge on any atom is -0.324 e. The number of benzene rings is 1. The highest BCUT2D eigenvalue weighted by molar-refractivity contribution is 6.30. The molecule has 0 aliphatic heterocycles. The maximum atomic E-state index is 13.5. The van der Waals surface area contributed by atoms with Crippen molar-refractivity contribution in [1.29, 1.82) is 0 Å². The molecule has 0 fully saturated rings. The molecule has 3 rings (SSSR count). The summed E-state index contributed by atoms with van der Waals surface area (Å²) in [6.45, 7) is 2.45. The topological polar surface area (TPSA) is 55.6 Å². The third-order valence-electron chi connectivity index (χ3n) is 3.13. The molecule has 118 valence electrons. The second kappa shape index (κ2) is 6.29. The molecule has 0 saturated heterocycles. The Hall–Kier alpha value is -2.54. The SMILES string of the molecule is CCn1nc(-c2ccc(F)nc2)nc1Nc1ccc(Cl)c(F)c1. The number of aryl methyl sites for hydroxylation is 1. The molecule has 0 radical (unpaired) electrons. The third-order valence-corrected chi connectivity index (χ3v) is 3.44. The number of pyridine rings is 1. The van der Waals surface area contributed by atoms with Crippen LogP contribution >= 0.6 is 11.6 Å². The zero-order valence-electron chi connectivity index (χ0n) is 12.1. The van der Waals surface area contributed by atoms with E-state index >= 15 is 0 Å². The minimum absolute atomic E-state index is 0.0468. The fraction of sp³-hybridized carbons (Fsp3) is 0.133. The van der Waals surface area contributed by atoms with Gasteiger partial charge in [-0.25, -0.2) is 14.1 Å². The second-order valence-corrected chi connectivity index (χ2v) is 5.11. The van der Waals surface area contributed by atoms with Crippen LogP contribution in [0.4, 0.5) is 20.4 Å². The van der Waals surface area contributed by atoms with Gasteiger partial charge in [0, 0.05) is 24.0 Å². The molecule has 0 bridgehead atoms. The van der Waals surface area contributed by atoms with Crippen molar-refractivity contribution in [3.8, 4) is 11.4 Å². The predicted molar refractivity (Wildman–Crippen MR) is 83.6 cm³/mol. The van der Waals surface area contributed by atoms with Crippen LogP contribution in [0.1, 0.15) is 6.92 Å². The zero-order valence-corrected chi connectivity index (χ0v) is 12.8. The Kier molecular flexibility index (Phi) is 4.20. The van der Waals surface area contributed by atoms with E-state index in [0.29, 0.717) is 29.6 Å². The maximum Gasteiger partial charge on any atom is 0.226 e. The normalized spacial score (nSPS) is 10.8.